The number of hydrogen-bond acceptors (Lipinski definition) is 5. The van der Waals surface area contributed by atoms with Crippen LogP contribution in [0.3, 0.4) is 0 Å². The van der Waals surface area contributed by atoms with Gasteiger partial charge in [-0.25, -0.2) is 4.79 Å². The highest BCUT2D eigenvalue weighted by molar-refractivity contribution is 5.62. The second kappa shape index (κ2) is 5.32. The number of piperidine rings is 1. The number of H-pyrrole nitrogens is 1. The van der Waals surface area contributed by atoms with Crippen LogP contribution in [0.5, 0.6) is 0 Å². The molecule has 112 valence electrons. The van der Waals surface area contributed by atoms with E-state index in [1.807, 2.05) is 6.92 Å². The van der Waals surface area contributed by atoms with Crippen LogP contribution in [0.4, 0.5) is 11.5 Å². The molecule has 1 atom stereocenters. The first-order chi connectivity index (χ1) is 9.35. The summed E-state index contributed by atoms with van der Waals surface area (Å²) < 4.78 is 1.38. The van der Waals surface area contributed by atoms with Crippen LogP contribution in [0.2, 0.25) is 0 Å². The number of nitrogens with two attached hydrogens (primary N) is 1. The van der Waals surface area contributed by atoms with Gasteiger partial charge in [-0.3, -0.25) is 14.3 Å². The lowest BCUT2D eigenvalue weighted by Crippen LogP contribution is -2.49. The molecule has 0 amide bonds. The van der Waals surface area contributed by atoms with E-state index < -0.39 is 16.9 Å². The monoisotopic (exact) mass is 282 g/mol. The minimum Gasteiger partial charge on any atom is -0.388 e. The van der Waals surface area contributed by atoms with E-state index in [4.69, 9.17) is 5.73 Å². The summed E-state index contributed by atoms with van der Waals surface area (Å²) in [6, 6.07) is 0. The molecule has 20 heavy (non-hydrogen) atoms. The molecule has 0 aliphatic carbocycles. The molecule has 1 unspecified atom stereocenters. The van der Waals surface area contributed by atoms with Gasteiger partial charge in [0.25, 0.3) is 5.56 Å². The predicted molar refractivity (Wildman–Crippen MR) is 78.1 cm³/mol. The number of aromatic nitrogens is 2. The number of nitrogens with zero attached hydrogens (tertiary/aromatic N) is 2. The van der Waals surface area contributed by atoms with E-state index in [1.54, 1.807) is 11.8 Å². The Kier molecular flexibility index (Phi) is 3.89. The summed E-state index contributed by atoms with van der Waals surface area (Å²) in [6.45, 7) is 5.12. The van der Waals surface area contributed by atoms with E-state index >= 15 is 0 Å². The number of nitrogens with one attached hydrogen (secondary N) is 1. The van der Waals surface area contributed by atoms with Crippen LogP contribution in [0, 0.1) is 0 Å². The normalized spacial score (nSPS) is 23.1. The highest BCUT2D eigenvalue weighted by Gasteiger charge is 2.31. The fourth-order valence-corrected chi connectivity index (χ4v) is 2.74. The lowest BCUT2D eigenvalue weighted by Gasteiger charge is -2.38. The Balaban J connectivity index is 2.48. The summed E-state index contributed by atoms with van der Waals surface area (Å²) in [5.41, 5.74) is 4.48. The number of hydrogen-bond donors (Lipinski definition) is 3. The maximum absolute atomic E-state index is 12.1. The molecule has 2 rings (SSSR count). The van der Waals surface area contributed by atoms with Gasteiger partial charge in [0.1, 0.15) is 11.5 Å². The van der Waals surface area contributed by atoms with Crippen LogP contribution < -0.4 is 21.9 Å². The first-order valence-electron chi connectivity index (χ1n) is 6.95. The molecule has 1 fully saturated rings. The summed E-state index contributed by atoms with van der Waals surface area (Å²) in [7, 11) is 0. The topological polar surface area (TPSA) is 104 Å². The molecule has 1 aromatic heterocycles. The van der Waals surface area contributed by atoms with Gasteiger partial charge in [0.2, 0.25) is 0 Å². The molecule has 7 nitrogen and oxygen atoms in total. The number of anilines is 2. The molecule has 1 saturated heterocycles. The van der Waals surface area contributed by atoms with Gasteiger partial charge in [0.05, 0.1) is 5.60 Å². The number of aliphatic hydroxyl groups is 1. The zero-order chi connectivity index (χ0) is 14.9. The Morgan fingerprint density at radius 3 is 2.75 bits per heavy atom. The average molecular weight is 282 g/mol. The third kappa shape index (κ3) is 2.72. The summed E-state index contributed by atoms with van der Waals surface area (Å²) in [4.78, 5) is 27.9. The van der Waals surface area contributed by atoms with Crippen LogP contribution in [-0.2, 0) is 6.54 Å². The molecule has 7 heteroatoms. The largest absolute Gasteiger partial charge is 0.388 e. The Morgan fingerprint density at radius 2 is 2.15 bits per heavy atom. The SMILES string of the molecule is CCCn1c(N)c(N2CCCC(C)(O)C2)c(=O)[nH]c1=O. The number of β-amino-alcohol motifs (C(OH)–C–C–N with tert-alkyl or cyclic N) is 1. The Labute approximate surface area is 117 Å². The van der Waals surface area contributed by atoms with Gasteiger partial charge in [-0.2, -0.15) is 0 Å². The molecular formula is C13H22N4O3. The minimum absolute atomic E-state index is 0.179. The smallest absolute Gasteiger partial charge is 0.330 e. The summed E-state index contributed by atoms with van der Waals surface area (Å²) in [6.07, 6.45) is 2.21. The van der Waals surface area contributed by atoms with Gasteiger partial charge >= 0.3 is 5.69 Å². The van der Waals surface area contributed by atoms with E-state index in [9.17, 15) is 14.7 Å². The highest BCUT2D eigenvalue weighted by atomic mass is 16.3. The lowest BCUT2D eigenvalue weighted by atomic mass is 9.95. The number of nitrogen functional groups attached to an aromatic ring is 1. The van der Waals surface area contributed by atoms with E-state index in [2.05, 4.69) is 4.98 Å². The van der Waals surface area contributed by atoms with Crippen molar-refractivity contribution in [1.82, 2.24) is 9.55 Å². The fourth-order valence-electron chi connectivity index (χ4n) is 2.74. The Hall–Kier alpha value is -1.76. The van der Waals surface area contributed by atoms with Gasteiger partial charge < -0.3 is 15.7 Å². The zero-order valence-corrected chi connectivity index (χ0v) is 12.0. The third-order valence-corrected chi connectivity index (χ3v) is 3.65. The second-order valence-corrected chi connectivity index (χ2v) is 5.67. The minimum atomic E-state index is -0.844. The van der Waals surface area contributed by atoms with Crippen molar-refractivity contribution in [1.29, 1.82) is 0 Å². The molecule has 0 spiro atoms. The third-order valence-electron chi connectivity index (χ3n) is 3.65. The van der Waals surface area contributed by atoms with Crippen LogP contribution in [0.1, 0.15) is 33.1 Å². The fraction of sp³-hybridized carbons (Fsp3) is 0.692. The molecule has 1 aliphatic heterocycles. The first kappa shape index (κ1) is 14.6. The summed E-state index contributed by atoms with van der Waals surface area (Å²) >= 11 is 0. The van der Waals surface area contributed by atoms with Gasteiger partial charge in [-0.05, 0) is 26.2 Å². The maximum Gasteiger partial charge on any atom is 0.330 e. The lowest BCUT2D eigenvalue weighted by molar-refractivity contribution is 0.0449. The molecule has 0 bridgehead atoms. The quantitative estimate of drug-likeness (QED) is 0.717. The van der Waals surface area contributed by atoms with Crippen molar-refractivity contribution < 1.29 is 5.11 Å². The number of rotatable bonds is 3. The van der Waals surface area contributed by atoms with Crippen molar-refractivity contribution in [3.63, 3.8) is 0 Å². The highest BCUT2D eigenvalue weighted by Crippen LogP contribution is 2.26. The van der Waals surface area contributed by atoms with Gasteiger partial charge in [0, 0.05) is 19.6 Å². The molecule has 2 heterocycles. The average Bonchev–Trinajstić information content (AvgIpc) is 2.33. The standard InChI is InChI=1S/C13H22N4O3/c1-3-6-17-10(14)9(11(18)15-12(17)19)16-7-4-5-13(2,20)8-16/h20H,3-8,14H2,1-2H3,(H,15,18,19). The molecule has 0 radical (unpaired) electrons. The van der Waals surface area contributed by atoms with Crippen LogP contribution in [0.25, 0.3) is 0 Å². The zero-order valence-electron chi connectivity index (χ0n) is 12.0. The maximum atomic E-state index is 12.1. The Morgan fingerprint density at radius 1 is 1.45 bits per heavy atom. The van der Waals surface area contributed by atoms with Crippen LogP contribution in [0.15, 0.2) is 9.59 Å². The summed E-state index contributed by atoms with van der Waals surface area (Å²) in [5.74, 6) is 0.179. The predicted octanol–water partition coefficient (Wildman–Crippen LogP) is -0.120. The van der Waals surface area contributed by atoms with Crippen molar-refractivity contribution in [2.45, 2.75) is 45.3 Å². The van der Waals surface area contributed by atoms with Gasteiger partial charge in [-0.1, -0.05) is 6.92 Å². The molecule has 4 N–H and O–H groups in total. The van der Waals surface area contributed by atoms with Crippen LogP contribution >= 0.6 is 0 Å². The molecule has 0 aromatic carbocycles. The number of aromatic amines is 1. The molecule has 1 aliphatic rings. The Bertz CT molecular complexity index is 603. The second-order valence-electron chi connectivity index (χ2n) is 5.67. The van der Waals surface area contributed by atoms with E-state index in [1.165, 1.54) is 4.57 Å². The van der Waals surface area contributed by atoms with Crippen molar-refractivity contribution >= 4 is 11.5 Å². The van der Waals surface area contributed by atoms with Crippen molar-refractivity contribution in [2.75, 3.05) is 23.7 Å². The van der Waals surface area contributed by atoms with Gasteiger partial charge in [-0.15, -0.1) is 0 Å². The van der Waals surface area contributed by atoms with E-state index in [0.29, 0.717) is 26.1 Å². The van der Waals surface area contributed by atoms with E-state index in [0.717, 1.165) is 12.8 Å². The van der Waals surface area contributed by atoms with Crippen molar-refractivity contribution in [2.24, 2.45) is 0 Å². The molecule has 0 saturated carbocycles. The first-order valence-corrected chi connectivity index (χ1v) is 6.95. The van der Waals surface area contributed by atoms with E-state index in [-0.39, 0.29) is 11.5 Å². The molecular weight excluding hydrogens is 260 g/mol. The molecule has 1 aromatic rings. The van der Waals surface area contributed by atoms with Crippen molar-refractivity contribution in [3.05, 3.63) is 20.8 Å². The summed E-state index contributed by atoms with van der Waals surface area (Å²) in [5, 5.41) is 10.2. The van der Waals surface area contributed by atoms with Crippen molar-refractivity contribution in [3.8, 4) is 0 Å². The van der Waals surface area contributed by atoms with Crippen LogP contribution in [-0.4, -0.2) is 33.3 Å². The van der Waals surface area contributed by atoms with Gasteiger partial charge in [0.15, 0.2) is 0 Å².